The lowest BCUT2D eigenvalue weighted by molar-refractivity contribution is 0.148. The van der Waals surface area contributed by atoms with E-state index < -0.39 is 12.1 Å². The maximum absolute atomic E-state index is 13.2. The van der Waals surface area contributed by atoms with Crippen molar-refractivity contribution in [2.75, 3.05) is 0 Å². The Bertz CT molecular complexity index is 327. The van der Waals surface area contributed by atoms with Crippen LogP contribution in [-0.2, 0) is 0 Å². The molecule has 70 valence electrons. The molecule has 0 amide bonds. The highest BCUT2D eigenvalue weighted by molar-refractivity contribution is 9.10. The number of hydrogen-bond donors (Lipinski definition) is 1. The van der Waals surface area contributed by atoms with Crippen molar-refractivity contribution in [3.63, 3.8) is 0 Å². The number of aromatic nitrogens is 1. The van der Waals surface area contributed by atoms with Crippen molar-refractivity contribution < 1.29 is 9.50 Å². The van der Waals surface area contributed by atoms with Crippen LogP contribution in [0.4, 0.5) is 4.39 Å². The van der Waals surface area contributed by atoms with Gasteiger partial charge in [-0.2, -0.15) is 4.39 Å². The number of pyridine rings is 1. The van der Waals surface area contributed by atoms with Gasteiger partial charge < -0.3 is 5.11 Å². The lowest BCUT2D eigenvalue weighted by Gasteiger charge is -2.09. The minimum Gasteiger partial charge on any atom is -0.388 e. The van der Waals surface area contributed by atoms with Crippen molar-refractivity contribution in [2.24, 2.45) is 5.92 Å². The molecule has 0 spiro atoms. The summed E-state index contributed by atoms with van der Waals surface area (Å²) in [5.41, 5.74) is 0.311. The third-order valence-electron chi connectivity index (χ3n) is 2.23. The molecule has 2 rings (SSSR count). The Kier molecular flexibility index (Phi) is 2.34. The summed E-state index contributed by atoms with van der Waals surface area (Å²) in [5, 5.41) is 9.64. The van der Waals surface area contributed by atoms with E-state index >= 15 is 0 Å². The molecule has 0 bridgehead atoms. The van der Waals surface area contributed by atoms with Gasteiger partial charge in [0.25, 0.3) is 0 Å². The van der Waals surface area contributed by atoms with E-state index in [2.05, 4.69) is 20.9 Å². The van der Waals surface area contributed by atoms with Gasteiger partial charge in [0, 0.05) is 5.56 Å². The van der Waals surface area contributed by atoms with E-state index in [1.54, 1.807) is 12.1 Å². The van der Waals surface area contributed by atoms with Gasteiger partial charge in [0.2, 0.25) is 5.95 Å². The topological polar surface area (TPSA) is 33.1 Å². The van der Waals surface area contributed by atoms with E-state index in [9.17, 15) is 9.50 Å². The van der Waals surface area contributed by atoms with Gasteiger partial charge in [0.15, 0.2) is 0 Å². The minimum atomic E-state index is -0.680. The molecule has 0 aromatic carbocycles. The molecule has 1 aromatic rings. The normalized spacial score (nSPS) is 18.7. The Morgan fingerprint density at radius 3 is 2.77 bits per heavy atom. The first-order valence-corrected chi connectivity index (χ1v) is 4.98. The van der Waals surface area contributed by atoms with Crippen molar-refractivity contribution in [2.45, 2.75) is 18.9 Å². The van der Waals surface area contributed by atoms with Crippen LogP contribution in [0.1, 0.15) is 24.5 Å². The molecule has 1 atom stereocenters. The van der Waals surface area contributed by atoms with Gasteiger partial charge in [0.05, 0.1) is 6.10 Å². The maximum atomic E-state index is 13.2. The van der Waals surface area contributed by atoms with Crippen LogP contribution in [-0.4, -0.2) is 10.1 Å². The molecule has 1 fully saturated rings. The zero-order chi connectivity index (χ0) is 9.42. The summed E-state index contributed by atoms with van der Waals surface area (Å²) in [6.07, 6.45) is 1.29. The minimum absolute atomic E-state index is 0.234. The molecule has 1 aromatic heterocycles. The van der Waals surface area contributed by atoms with Gasteiger partial charge >= 0.3 is 0 Å². The second-order valence-electron chi connectivity index (χ2n) is 3.30. The molecule has 1 aliphatic carbocycles. The van der Waals surface area contributed by atoms with Crippen molar-refractivity contribution in [1.82, 2.24) is 4.98 Å². The van der Waals surface area contributed by atoms with Gasteiger partial charge in [-0.1, -0.05) is 0 Å². The van der Waals surface area contributed by atoms with Crippen LogP contribution in [0, 0.1) is 11.9 Å². The lowest BCUT2D eigenvalue weighted by Crippen LogP contribution is -2.04. The predicted octanol–water partition coefficient (Wildman–Crippen LogP) is 2.43. The molecule has 0 radical (unpaired) electrons. The van der Waals surface area contributed by atoms with Crippen LogP contribution in [0.2, 0.25) is 0 Å². The van der Waals surface area contributed by atoms with Crippen molar-refractivity contribution in [3.05, 3.63) is 28.2 Å². The molecule has 1 unspecified atom stereocenters. The summed E-state index contributed by atoms with van der Waals surface area (Å²) in [6.45, 7) is 0. The average molecular weight is 246 g/mol. The first-order valence-electron chi connectivity index (χ1n) is 4.18. The van der Waals surface area contributed by atoms with Crippen molar-refractivity contribution >= 4 is 15.9 Å². The first-order chi connectivity index (χ1) is 6.18. The number of rotatable bonds is 2. The Morgan fingerprint density at radius 2 is 2.23 bits per heavy atom. The summed E-state index contributed by atoms with van der Waals surface area (Å²) in [5.74, 6) is -0.341. The number of nitrogens with zero attached hydrogens (tertiary/aromatic N) is 1. The fourth-order valence-corrected chi connectivity index (χ4v) is 1.60. The highest BCUT2D eigenvalue weighted by atomic mass is 79.9. The second kappa shape index (κ2) is 3.35. The third kappa shape index (κ3) is 1.89. The van der Waals surface area contributed by atoms with Gasteiger partial charge in [-0.15, -0.1) is 0 Å². The molecule has 13 heavy (non-hydrogen) atoms. The fraction of sp³-hybridized carbons (Fsp3) is 0.444. The van der Waals surface area contributed by atoms with Gasteiger partial charge in [-0.05, 0) is 46.8 Å². The molecule has 1 aliphatic rings. The molecular weight excluding hydrogens is 237 g/mol. The average Bonchev–Trinajstić information content (AvgIpc) is 2.85. The highest BCUT2D eigenvalue weighted by Gasteiger charge is 2.32. The molecule has 4 heteroatoms. The van der Waals surface area contributed by atoms with E-state index in [-0.39, 0.29) is 5.92 Å². The summed E-state index contributed by atoms with van der Waals surface area (Å²) < 4.78 is 13.6. The molecule has 2 nitrogen and oxygen atoms in total. The highest BCUT2D eigenvalue weighted by Crippen LogP contribution is 2.41. The van der Waals surface area contributed by atoms with Gasteiger partial charge in [-0.25, -0.2) is 4.98 Å². The number of halogens is 2. The summed E-state index contributed by atoms with van der Waals surface area (Å²) in [4.78, 5) is 3.59. The second-order valence-corrected chi connectivity index (χ2v) is 4.11. The van der Waals surface area contributed by atoms with Crippen LogP contribution in [0.15, 0.2) is 16.7 Å². The van der Waals surface area contributed by atoms with Gasteiger partial charge in [0.1, 0.15) is 4.60 Å². The number of aliphatic hydroxyl groups is 1. The van der Waals surface area contributed by atoms with E-state index in [1.165, 1.54) is 0 Å². The molecule has 0 saturated heterocycles. The summed E-state index contributed by atoms with van der Waals surface area (Å²) in [6, 6.07) is 3.22. The molecule has 0 aliphatic heterocycles. The van der Waals surface area contributed by atoms with E-state index in [0.29, 0.717) is 10.2 Å². The Labute approximate surface area is 83.9 Å². The Hall–Kier alpha value is -0.480. The lowest BCUT2D eigenvalue weighted by atomic mass is 10.1. The molecule has 1 heterocycles. The molecule has 1 N–H and O–H groups in total. The largest absolute Gasteiger partial charge is 0.388 e. The van der Waals surface area contributed by atoms with E-state index in [4.69, 9.17) is 0 Å². The standard InChI is InChI=1S/C9H9BrFNO/c10-7-4-3-6(9(11)12-7)8(13)5-1-2-5/h3-5,8,13H,1-2H2. The van der Waals surface area contributed by atoms with E-state index in [1.807, 2.05) is 0 Å². The number of aliphatic hydroxyl groups excluding tert-OH is 1. The SMILES string of the molecule is OC(c1ccc(Br)nc1F)C1CC1. The quantitative estimate of drug-likeness (QED) is 0.813. The van der Waals surface area contributed by atoms with Gasteiger partial charge in [-0.3, -0.25) is 0 Å². The Balaban J connectivity index is 2.28. The Morgan fingerprint density at radius 1 is 1.54 bits per heavy atom. The zero-order valence-electron chi connectivity index (χ0n) is 6.87. The third-order valence-corrected chi connectivity index (χ3v) is 2.67. The zero-order valence-corrected chi connectivity index (χ0v) is 8.46. The van der Waals surface area contributed by atoms with Crippen molar-refractivity contribution in [1.29, 1.82) is 0 Å². The summed E-state index contributed by atoms with van der Waals surface area (Å²) in [7, 11) is 0. The first kappa shape index (κ1) is 9.09. The molecule has 1 saturated carbocycles. The van der Waals surface area contributed by atoms with Crippen LogP contribution in [0.5, 0.6) is 0 Å². The van der Waals surface area contributed by atoms with Crippen LogP contribution < -0.4 is 0 Å². The van der Waals surface area contributed by atoms with Crippen LogP contribution in [0.25, 0.3) is 0 Å². The maximum Gasteiger partial charge on any atom is 0.219 e. The monoisotopic (exact) mass is 245 g/mol. The van der Waals surface area contributed by atoms with Crippen LogP contribution in [0.3, 0.4) is 0 Å². The molecular formula is C9H9BrFNO. The number of hydrogen-bond acceptors (Lipinski definition) is 2. The van der Waals surface area contributed by atoms with Crippen LogP contribution >= 0.6 is 15.9 Å². The summed E-state index contributed by atoms with van der Waals surface area (Å²) >= 11 is 3.07. The fourth-order valence-electron chi connectivity index (χ4n) is 1.31. The smallest absolute Gasteiger partial charge is 0.219 e. The predicted molar refractivity (Wildman–Crippen MR) is 49.6 cm³/mol. The van der Waals surface area contributed by atoms with E-state index in [0.717, 1.165) is 12.8 Å². The van der Waals surface area contributed by atoms with Crippen molar-refractivity contribution in [3.8, 4) is 0 Å².